The van der Waals surface area contributed by atoms with E-state index in [9.17, 15) is 9.59 Å². The van der Waals surface area contributed by atoms with Crippen LogP contribution in [-0.4, -0.2) is 23.5 Å². The number of nitrogens with one attached hydrogen (secondary N) is 2. The van der Waals surface area contributed by atoms with Crippen molar-refractivity contribution in [3.05, 3.63) is 29.8 Å². The molecule has 3 N–H and O–H groups in total. The highest BCUT2D eigenvalue weighted by atomic mass is 16.3. The average Bonchev–Trinajstić information content (AvgIpc) is 2.35. The Morgan fingerprint density at radius 1 is 1.37 bits per heavy atom. The van der Waals surface area contributed by atoms with Gasteiger partial charge < -0.3 is 15.7 Å². The molecule has 1 aromatic rings. The number of aliphatic hydroxyl groups excluding tert-OH is 1. The second-order valence-corrected chi connectivity index (χ2v) is 4.42. The number of rotatable bonds is 6. The van der Waals surface area contributed by atoms with E-state index in [4.69, 9.17) is 5.11 Å². The summed E-state index contributed by atoms with van der Waals surface area (Å²) in [6.07, 6.45) is 0.775. The van der Waals surface area contributed by atoms with Gasteiger partial charge in [-0.05, 0) is 31.0 Å². The molecule has 0 spiro atoms. The van der Waals surface area contributed by atoms with Gasteiger partial charge in [0.2, 0.25) is 11.8 Å². The van der Waals surface area contributed by atoms with E-state index in [2.05, 4.69) is 10.6 Å². The van der Waals surface area contributed by atoms with Crippen molar-refractivity contribution in [3.63, 3.8) is 0 Å². The van der Waals surface area contributed by atoms with E-state index in [1.807, 2.05) is 25.1 Å². The van der Waals surface area contributed by atoms with Crippen LogP contribution in [-0.2, 0) is 9.59 Å². The van der Waals surface area contributed by atoms with E-state index >= 15 is 0 Å². The van der Waals surface area contributed by atoms with Crippen molar-refractivity contribution in [3.8, 4) is 0 Å². The van der Waals surface area contributed by atoms with Crippen molar-refractivity contribution in [2.75, 3.05) is 11.9 Å². The lowest BCUT2D eigenvalue weighted by atomic mass is 10.1. The van der Waals surface area contributed by atoms with Crippen LogP contribution in [0.3, 0.4) is 0 Å². The Balaban J connectivity index is 2.63. The Labute approximate surface area is 113 Å². The molecule has 1 aromatic carbocycles. The summed E-state index contributed by atoms with van der Waals surface area (Å²) in [4.78, 5) is 22.5. The fourth-order valence-electron chi connectivity index (χ4n) is 1.73. The van der Waals surface area contributed by atoms with Crippen LogP contribution >= 0.6 is 0 Å². The molecule has 0 aliphatic carbocycles. The summed E-state index contributed by atoms with van der Waals surface area (Å²) >= 11 is 0. The molecule has 0 aromatic heterocycles. The summed E-state index contributed by atoms with van der Waals surface area (Å²) in [7, 11) is 0. The summed E-state index contributed by atoms with van der Waals surface area (Å²) in [5, 5.41) is 14.2. The molecular formula is C14H20N2O3. The van der Waals surface area contributed by atoms with Crippen molar-refractivity contribution >= 4 is 17.5 Å². The van der Waals surface area contributed by atoms with Gasteiger partial charge in [0.25, 0.3) is 0 Å². The predicted molar refractivity (Wildman–Crippen MR) is 73.6 cm³/mol. The molecular weight excluding hydrogens is 244 g/mol. The lowest BCUT2D eigenvalue weighted by Gasteiger charge is -2.15. The zero-order valence-electron chi connectivity index (χ0n) is 11.3. The molecule has 0 fully saturated rings. The maximum atomic E-state index is 11.6. The van der Waals surface area contributed by atoms with Gasteiger partial charge in [-0.2, -0.15) is 0 Å². The second kappa shape index (κ2) is 7.53. The Bertz CT molecular complexity index is 446. The van der Waals surface area contributed by atoms with Gasteiger partial charge in [-0.1, -0.05) is 12.1 Å². The van der Waals surface area contributed by atoms with Gasteiger partial charge in [-0.25, -0.2) is 0 Å². The monoisotopic (exact) mass is 264 g/mol. The number of aliphatic hydroxyl groups is 1. The number of benzene rings is 1. The second-order valence-electron chi connectivity index (χ2n) is 4.42. The van der Waals surface area contributed by atoms with E-state index < -0.39 is 0 Å². The highest BCUT2D eigenvalue weighted by Crippen LogP contribution is 2.17. The standard InChI is InChI=1S/C14H20N2O3/c1-10(15-14(19)7-4-8-17)12-5-3-6-13(9-12)16-11(2)18/h3,5-6,9-10,17H,4,7-8H2,1-2H3,(H,15,19)(H,16,18). The zero-order chi connectivity index (χ0) is 14.3. The van der Waals surface area contributed by atoms with E-state index in [1.54, 1.807) is 6.07 Å². The highest BCUT2D eigenvalue weighted by Gasteiger charge is 2.09. The van der Waals surface area contributed by atoms with Crippen molar-refractivity contribution < 1.29 is 14.7 Å². The van der Waals surface area contributed by atoms with Crippen LogP contribution in [0.1, 0.15) is 38.3 Å². The summed E-state index contributed by atoms with van der Waals surface area (Å²) < 4.78 is 0. The largest absolute Gasteiger partial charge is 0.396 e. The van der Waals surface area contributed by atoms with Crippen molar-refractivity contribution in [2.45, 2.75) is 32.7 Å². The predicted octanol–water partition coefficient (Wildman–Crippen LogP) is 1.59. The molecule has 1 atom stereocenters. The number of hydrogen-bond donors (Lipinski definition) is 3. The Kier molecular flexibility index (Phi) is 6.02. The number of carbonyl (C=O) groups excluding carboxylic acids is 2. The molecule has 0 radical (unpaired) electrons. The van der Waals surface area contributed by atoms with Crippen LogP contribution in [0, 0.1) is 0 Å². The fraction of sp³-hybridized carbons (Fsp3) is 0.429. The topological polar surface area (TPSA) is 78.4 Å². The van der Waals surface area contributed by atoms with Crippen LogP contribution in [0.15, 0.2) is 24.3 Å². The quantitative estimate of drug-likeness (QED) is 0.730. The third-order valence-corrected chi connectivity index (χ3v) is 2.65. The summed E-state index contributed by atoms with van der Waals surface area (Å²) in [5.41, 5.74) is 1.63. The smallest absolute Gasteiger partial charge is 0.221 e. The Hall–Kier alpha value is -1.88. The van der Waals surface area contributed by atoms with E-state index in [1.165, 1.54) is 6.92 Å². The van der Waals surface area contributed by atoms with Gasteiger partial charge in [0.1, 0.15) is 0 Å². The maximum Gasteiger partial charge on any atom is 0.221 e. The highest BCUT2D eigenvalue weighted by molar-refractivity contribution is 5.88. The molecule has 104 valence electrons. The van der Waals surface area contributed by atoms with Gasteiger partial charge in [0.05, 0.1) is 6.04 Å². The van der Waals surface area contributed by atoms with Crippen molar-refractivity contribution in [1.29, 1.82) is 0 Å². The Morgan fingerprint density at radius 2 is 2.11 bits per heavy atom. The molecule has 0 aliphatic heterocycles. The minimum atomic E-state index is -0.139. The molecule has 0 saturated heterocycles. The van der Waals surface area contributed by atoms with Crippen molar-refractivity contribution in [2.24, 2.45) is 0 Å². The molecule has 1 rings (SSSR count). The number of carbonyl (C=O) groups is 2. The third-order valence-electron chi connectivity index (χ3n) is 2.65. The van der Waals surface area contributed by atoms with Crippen molar-refractivity contribution in [1.82, 2.24) is 5.32 Å². The van der Waals surface area contributed by atoms with E-state index in [0.717, 1.165) is 5.56 Å². The molecule has 0 bridgehead atoms. The minimum absolute atomic E-state index is 0.0137. The lowest BCUT2D eigenvalue weighted by Crippen LogP contribution is -2.26. The van der Waals surface area contributed by atoms with Gasteiger partial charge in [0.15, 0.2) is 0 Å². The molecule has 0 saturated carbocycles. The summed E-state index contributed by atoms with van der Waals surface area (Å²) in [6, 6.07) is 7.21. The number of amides is 2. The fourth-order valence-corrected chi connectivity index (χ4v) is 1.73. The zero-order valence-corrected chi connectivity index (χ0v) is 11.3. The van der Waals surface area contributed by atoms with Crippen LogP contribution in [0.5, 0.6) is 0 Å². The van der Waals surface area contributed by atoms with Crippen LogP contribution in [0.2, 0.25) is 0 Å². The van der Waals surface area contributed by atoms with E-state index in [-0.39, 0.29) is 24.5 Å². The van der Waals surface area contributed by atoms with Gasteiger partial charge in [-0.15, -0.1) is 0 Å². The molecule has 2 amide bonds. The summed E-state index contributed by atoms with van der Waals surface area (Å²) in [6.45, 7) is 3.34. The normalized spacial score (nSPS) is 11.7. The first-order chi connectivity index (χ1) is 9.02. The third kappa shape index (κ3) is 5.52. The molecule has 0 heterocycles. The molecule has 1 unspecified atom stereocenters. The summed E-state index contributed by atoms with van der Waals surface area (Å²) in [5.74, 6) is -0.219. The molecule has 0 aliphatic rings. The minimum Gasteiger partial charge on any atom is -0.396 e. The number of hydrogen-bond acceptors (Lipinski definition) is 3. The number of anilines is 1. The van der Waals surface area contributed by atoms with Gasteiger partial charge in [0, 0.05) is 25.6 Å². The maximum absolute atomic E-state index is 11.6. The first-order valence-corrected chi connectivity index (χ1v) is 6.30. The SMILES string of the molecule is CC(=O)Nc1cccc(C(C)NC(=O)CCCO)c1. The average molecular weight is 264 g/mol. The Morgan fingerprint density at radius 3 is 2.74 bits per heavy atom. The van der Waals surface area contributed by atoms with Crippen LogP contribution in [0.4, 0.5) is 5.69 Å². The van der Waals surface area contributed by atoms with Gasteiger partial charge >= 0.3 is 0 Å². The molecule has 5 heteroatoms. The van der Waals surface area contributed by atoms with E-state index in [0.29, 0.717) is 18.5 Å². The first-order valence-electron chi connectivity index (χ1n) is 6.30. The first kappa shape index (κ1) is 15.2. The molecule has 19 heavy (non-hydrogen) atoms. The van der Waals surface area contributed by atoms with Crippen LogP contribution in [0.25, 0.3) is 0 Å². The molecule has 5 nitrogen and oxygen atoms in total. The lowest BCUT2D eigenvalue weighted by molar-refractivity contribution is -0.122. The van der Waals surface area contributed by atoms with Gasteiger partial charge in [-0.3, -0.25) is 9.59 Å². The van der Waals surface area contributed by atoms with Crippen LogP contribution < -0.4 is 10.6 Å².